The van der Waals surface area contributed by atoms with Gasteiger partial charge in [0, 0.05) is 18.5 Å². The second-order valence-corrected chi connectivity index (χ2v) is 8.03. The number of halogens is 4. The maximum absolute atomic E-state index is 14.4. The van der Waals surface area contributed by atoms with Gasteiger partial charge in [-0.15, -0.1) is 0 Å². The predicted octanol–water partition coefficient (Wildman–Crippen LogP) is 5.69. The lowest BCUT2D eigenvalue weighted by Gasteiger charge is -2.25. The van der Waals surface area contributed by atoms with E-state index in [2.05, 4.69) is 5.16 Å². The Morgan fingerprint density at radius 3 is 2.57 bits per heavy atom. The van der Waals surface area contributed by atoms with Gasteiger partial charge in [0.1, 0.15) is 11.6 Å². The molecule has 1 amide bonds. The molecule has 1 unspecified atom stereocenters. The Hall–Kier alpha value is -3.88. The van der Waals surface area contributed by atoms with Gasteiger partial charge in [-0.25, -0.2) is 4.39 Å². The SMILES string of the molecule is COc1ccccc1C1=NOC(CN(Cc2cccc(C(F)(F)F)c2)C(=O)c2ccccc2F)C1. The van der Waals surface area contributed by atoms with E-state index in [4.69, 9.17) is 9.57 Å². The Morgan fingerprint density at radius 2 is 1.83 bits per heavy atom. The van der Waals surface area contributed by atoms with E-state index in [1.54, 1.807) is 6.07 Å². The zero-order chi connectivity index (χ0) is 25.0. The van der Waals surface area contributed by atoms with Gasteiger partial charge in [0.25, 0.3) is 5.91 Å². The summed E-state index contributed by atoms with van der Waals surface area (Å²) in [6.45, 7) is -0.174. The predicted molar refractivity (Wildman–Crippen MR) is 122 cm³/mol. The maximum Gasteiger partial charge on any atom is 0.416 e. The monoisotopic (exact) mass is 486 g/mol. The van der Waals surface area contributed by atoms with Gasteiger partial charge in [0.2, 0.25) is 0 Å². The number of oxime groups is 1. The third kappa shape index (κ3) is 5.62. The van der Waals surface area contributed by atoms with Gasteiger partial charge < -0.3 is 14.5 Å². The number of amides is 1. The van der Waals surface area contributed by atoms with Crippen molar-refractivity contribution in [3.8, 4) is 5.75 Å². The minimum atomic E-state index is -4.53. The van der Waals surface area contributed by atoms with Crippen molar-refractivity contribution >= 4 is 11.6 Å². The first-order valence-corrected chi connectivity index (χ1v) is 10.8. The van der Waals surface area contributed by atoms with E-state index in [0.717, 1.165) is 23.8 Å². The highest BCUT2D eigenvalue weighted by Gasteiger charge is 2.32. The molecule has 0 fully saturated rings. The van der Waals surface area contributed by atoms with Crippen LogP contribution in [0.15, 0.2) is 78.0 Å². The number of carbonyl (C=O) groups is 1. The second kappa shape index (κ2) is 10.2. The normalized spacial score (nSPS) is 15.3. The van der Waals surface area contributed by atoms with Crippen LogP contribution in [0.4, 0.5) is 17.6 Å². The van der Waals surface area contributed by atoms with Crippen molar-refractivity contribution in [3.63, 3.8) is 0 Å². The molecular weight excluding hydrogens is 464 g/mol. The van der Waals surface area contributed by atoms with Gasteiger partial charge in [-0.05, 0) is 42.0 Å². The highest BCUT2D eigenvalue weighted by Crippen LogP contribution is 2.30. The zero-order valence-corrected chi connectivity index (χ0v) is 18.8. The first kappa shape index (κ1) is 24.3. The van der Waals surface area contributed by atoms with E-state index in [-0.39, 0.29) is 24.2 Å². The van der Waals surface area contributed by atoms with Gasteiger partial charge in [-0.2, -0.15) is 13.2 Å². The molecule has 4 rings (SSSR count). The Labute approximate surface area is 199 Å². The van der Waals surface area contributed by atoms with Crippen molar-refractivity contribution in [1.29, 1.82) is 0 Å². The lowest BCUT2D eigenvalue weighted by atomic mass is 10.0. The van der Waals surface area contributed by atoms with Gasteiger partial charge in [-0.1, -0.05) is 41.6 Å². The summed E-state index contributed by atoms with van der Waals surface area (Å²) in [5, 5.41) is 4.13. The molecule has 35 heavy (non-hydrogen) atoms. The smallest absolute Gasteiger partial charge is 0.416 e. The highest BCUT2D eigenvalue weighted by molar-refractivity contribution is 6.03. The molecule has 0 radical (unpaired) electrons. The van der Waals surface area contributed by atoms with E-state index in [0.29, 0.717) is 17.9 Å². The molecule has 3 aromatic carbocycles. The lowest BCUT2D eigenvalue weighted by molar-refractivity contribution is -0.137. The Morgan fingerprint density at radius 1 is 1.09 bits per heavy atom. The van der Waals surface area contributed by atoms with E-state index in [1.807, 2.05) is 18.2 Å². The fraction of sp³-hybridized carbons (Fsp3) is 0.231. The van der Waals surface area contributed by atoms with Gasteiger partial charge in [0.15, 0.2) is 6.10 Å². The quantitative estimate of drug-likeness (QED) is 0.404. The van der Waals surface area contributed by atoms with Crippen molar-refractivity contribution in [2.45, 2.75) is 25.2 Å². The molecule has 0 aromatic heterocycles. The summed E-state index contributed by atoms with van der Waals surface area (Å²) in [5.41, 5.74) is 0.607. The fourth-order valence-corrected chi connectivity index (χ4v) is 3.90. The van der Waals surface area contributed by atoms with Crippen LogP contribution >= 0.6 is 0 Å². The summed E-state index contributed by atoms with van der Waals surface area (Å²) in [6, 6.07) is 17.4. The highest BCUT2D eigenvalue weighted by atomic mass is 19.4. The number of para-hydroxylation sites is 1. The third-order valence-electron chi connectivity index (χ3n) is 5.59. The number of hydrogen-bond acceptors (Lipinski definition) is 4. The molecule has 9 heteroatoms. The van der Waals surface area contributed by atoms with Gasteiger partial charge >= 0.3 is 6.18 Å². The summed E-state index contributed by atoms with van der Waals surface area (Å²) in [6.07, 6.45) is -4.76. The van der Waals surface area contributed by atoms with E-state index < -0.39 is 29.6 Å². The molecule has 0 spiro atoms. The molecule has 1 heterocycles. The van der Waals surface area contributed by atoms with Crippen molar-refractivity contribution in [2.75, 3.05) is 13.7 Å². The van der Waals surface area contributed by atoms with E-state index in [1.165, 1.54) is 42.3 Å². The van der Waals surface area contributed by atoms with Gasteiger partial charge in [0.05, 0.1) is 30.5 Å². The van der Waals surface area contributed by atoms with Crippen LogP contribution in [0, 0.1) is 5.82 Å². The number of hydrogen-bond donors (Lipinski definition) is 0. The van der Waals surface area contributed by atoms with Crippen molar-refractivity contribution < 1.29 is 31.9 Å². The molecule has 0 aliphatic carbocycles. The molecule has 0 saturated carbocycles. The molecule has 3 aromatic rings. The lowest BCUT2D eigenvalue weighted by Crippen LogP contribution is -2.37. The fourth-order valence-electron chi connectivity index (χ4n) is 3.90. The number of alkyl halides is 3. The van der Waals surface area contributed by atoms with Crippen LogP contribution in [-0.4, -0.2) is 36.3 Å². The molecule has 182 valence electrons. The molecule has 0 saturated heterocycles. The number of rotatable bonds is 7. The largest absolute Gasteiger partial charge is 0.496 e. The summed E-state index contributed by atoms with van der Waals surface area (Å²) in [5.74, 6) is -0.765. The standard InChI is InChI=1S/C26H22F4N2O3/c1-34-24-12-5-3-10-21(24)23-14-19(35-31-23)16-32(25(33)20-9-2-4-11-22(20)27)15-17-7-6-8-18(13-17)26(28,29)30/h2-13,19H,14-16H2,1H3. The molecule has 1 atom stereocenters. The number of ether oxygens (including phenoxy) is 1. The van der Waals surface area contributed by atoms with Crippen molar-refractivity contribution in [3.05, 3.63) is 101 Å². The van der Waals surface area contributed by atoms with Crippen LogP contribution in [-0.2, 0) is 17.6 Å². The molecule has 0 N–H and O–H groups in total. The molecule has 1 aliphatic rings. The minimum absolute atomic E-state index is 0.00837. The summed E-state index contributed by atoms with van der Waals surface area (Å²) >= 11 is 0. The second-order valence-electron chi connectivity index (χ2n) is 8.03. The maximum atomic E-state index is 14.4. The number of methoxy groups -OCH3 is 1. The zero-order valence-electron chi connectivity index (χ0n) is 18.8. The minimum Gasteiger partial charge on any atom is -0.496 e. The molecule has 5 nitrogen and oxygen atoms in total. The molecule has 0 bridgehead atoms. The molecular formula is C26H22F4N2O3. The number of benzene rings is 3. The third-order valence-corrected chi connectivity index (χ3v) is 5.59. The van der Waals surface area contributed by atoms with E-state index in [9.17, 15) is 22.4 Å². The first-order chi connectivity index (χ1) is 16.8. The Bertz CT molecular complexity index is 1240. The van der Waals surface area contributed by atoms with Crippen molar-refractivity contribution in [2.24, 2.45) is 5.16 Å². The van der Waals surface area contributed by atoms with Crippen LogP contribution in [0.5, 0.6) is 5.75 Å². The number of carbonyl (C=O) groups excluding carboxylic acids is 1. The summed E-state index contributed by atoms with van der Waals surface area (Å²) < 4.78 is 59.3. The Kier molecular flexibility index (Phi) is 7.04. The van der Waals surface area contributed by atoms with Gasteiger partial charge in [-0.3, -0.25) is 4.79 Å². The average Bonchev–Trinajstić information content (AvgIpc) is 3.31. The molecule has 1 aliphatic heterocycles. The number of nitrogens with zero attached hydrogens (tertiary/aromatic N) is 2. The van der Waals surface area contributed by atoms with Crippen LogP contribution in [0.2, 0.25) is 0 Å². The summed E-state index contributed by atoms with van der Waals surface area (Å²) in [7, 11) is 1.54. The first-order valence-electron chi connectivity index (χ1n) is 10.8. The van der Waals surface area contributed by atoms with Crippen LogP contribution in [0.1, 0.15) is 33.5 Å². The topological polar surface area (TPSA) is 51.1 Å². The van der Waals surface area contributed by atoms with Crippen molar-refractivity contribution in [1.82, 2.24) is 4.90 Å². The van der Waals surface area contributed by atoms with Crippen LogP contribution < -0.4 is 4.74 Å². The summed E-state index contributed by atoms with van der Waals surface area (Å²) in [4.78, 5) is 20.1. The van der Waals surface area contributed by atoms with E-state index >= 15 is 0 Å². The average molecular weight is 486 g/mol. The van der Waals surface area contributed by atoms with Crippen LogP contribution in [0.25, 0.3) is 0 Å². The Balaban J connectivity index is 1.57. The van der Waals surface area contributed by atoms with Crippen LogP contribution in [0.3, 0.4) is 0 Å².